The van der Waals surface area contributed by atoms with Crippen molar-refractivity contribution in [1.82, 2.24) is 0 Å². The van der Waals surface area contributed by atoms with Gasteiger partial charge < -0.3 is 16.4 Å². The van der Waals surface area contributed by atoms with Gasteiger partial charge in [0.25, 0.3) is 0 Å². The molecule has 19 heavy (non-hydrogen) atoms. The summed E-state index contributed by atoms with van der Waals surface area (Å²) in [4.78, 5) is 13.5. The van der Waals surface area contributed by atoms with Gasteiger partial charge in [0.15, 0.2) is 0 Å². The molecule has 0 heterocycles. The highest BCUT2D eigenvalue weighted by molar-refractivity contribution is 9.10. The molecule has 0 atom stereocenters. The molecule has 0 unspecified atom stereocenters. The van der Waals surface area contributed by atoms with Gasteiger partial charge in [-0.25, -0.2) is 0 Å². The minimum absolute atomic E-state index is 0.258. The lowest BCUT2D eigenvalue weighted by atomic mass is 10.1. The second-order valence-corrected chi connectivity index (χ2v) is 5.83. The number of carbonyl (C=O) groups is 1. The van der Waals surface area contributed by atoms with E-state index in [1.807, 2.05) is 18.2 Å². The summed E-state index contributed by atoms with van der Waals surface area (Å²) in [7, 11) is 0. The Hall–Kier alpha value is -1.07. The first kappa shape index (κ1) is 14.3. The highest BCUT2D eigenvalue weighted by atomic mass is 79.9. The molecule has 1 aromatic carbocycles. The van der Waals surface area contributed by atoms with Gasteiger partial charge in [-0.05, 0) is 25.0 Å². The number of nitrogens with two attached hydrogens (primary N) is 2. The number of carbonyl (C=O) groups excluding carboxylic acids is 1. The van der Waals surface area contributed by atoms with Gasteiger partial charge in [-0.2, -0.15) is 0 Å². The highest BCUT2D eigenvalue weighted by Gasteiger charge is 2.25. The molecule has 1 amide bonds. The third-order valence-electron chi connectivity index (χ3n) is 3.70. The monoisotopic (exact) mass is 325 g/mol. The van der Waals surface area contributed by atoms with Crippen molar-refractivity contribution in [2.45, 2.75) is 38.3 Å². The summed E-state index contributed by atoms with van der Waals surface area (Å²) in [5, 5.41) is 0. The Bertz CT molecular complexity index is 458. The fourth-order valence-corrected chi connectivity index (χ4v) is 3.33. The van der Waals surface area contributed by atoms with Gasteiger partial charge in [0.2, 0.25) is 5.91 Å². The van der Waals surface area contributed by atoms with Crippen LogP contribution in [0.4, 0.5) is 5.69 Å². The Morgan fingerprint density at radius 3 is 2.63 bits per heavy atom. The Balaban J connectivity index is 2.36. The van der Waals surface area contributed by atoms with Gasteiger partial charge in [0.05, 0.1) is 6.54 Å². The Morgan fingerprint density at radius 2 is 2.05 bits per heavy atom. The number of anilines is 1. The maximum absolute atomic E-state index is 11.4. The van der Waals surface area contributed by atoms with Crippen LogP contribution >= 0.6 is 15.9 Å². The van der Waals surface area contributed by atoms with Gasteiger partial charge >= 0.3 is 0 Å². The van der Waals surface area contributed by atoms with E-state index in [-0.39, 0.29) is 12.5 Å². The first-order valence-corrected chi connectivity index (χ1v) is 7.45. The zero-order valence-electron chi connectivity index (χ0n) is 10.9. The van der Waals surface area contributed by atoms with E-state index in [2.05, 4.69) is 20.8 Å². The van der Waals surface area contributed by atoms with Crippen LogP contribution in [0.1, 0.15) is 31.2 Å². The lowest BCUT2D eigenvalue weighted by Crippen LogP contribution is -2.40. The number of hydrogen-bond donors (Lipinski definition) is 2. The summed E-state index contributed by atoms with van der Waals surface area (Å²) >= 11 is 3.53. The summed E-state index contributed by atoms with van der Waals surface area (Å²) in [6, 6.07) is 6.37. The van der Waals surface area contributed by atoms with Crippen molar-refractivity contribution in [1.29, 1.82) is 0 Å². The quantitative estimate of drug-likeness (QED) is 0.871. The van der Waals surface area contributed by atoms with Crippen LogP contribution in [0, 0.1) is 0 Å². The molecule has 0 aromatic heterocycles. The summed E-state index contributed by atoms with van der Waals surface area (Å²) in [6.45, 7) is 0.701. The van der Waals surface area contributed by atoms with Crippen molar-refractivity contribution >= 4 is 27.5 Å². The van der Waals surface area contributed by atoms with Crippen LogP contribution in [0.25, 0.3) is 0 Å². The molecule has 1 saturated carbocycles. The first-order chi connectivity index (χ1) is 9.13. The summed E-state index contributed by atoms with van der Waals surface area (Å²) in [5.74, 6) is -0.296. The van der Waals surface area contributed by atoms with Crippen molar-refractivity contribution in [3.05, 3.63) is 28.2 Å². The van der Waals surface area contributed by atoms with Crippen LogP contribution in [0.5, 0.6) is 0 Å². The Labute approximate surface area is 122 Å². The fraction of sp³-hybridized carbons (Fsp3) is 0.500. The third kappa shape index (κ3) is 3.28. The van der Waals surface area contributed by atoms with Crippen LogP contribution in [-0.2, 0) is 11.3 Å². The van der Waals surface area contributed by atoms with Crippen LogP contribution in [-0.4, -0.2) is 18.5 Å². The maximum Gasteiger partial charge on any atom is 0.236 e. The lowest BCUT2D eigenvalue weighted by Gasteiger charge is -2.32. The second-order valence-electron chi connectivity index (χ2n) is 4.97. The van der Waals surface area contributed by atoms with Crippen molar-refractivity contribution in [2.24, 2.45) is 11.5 Å². The molecule has 0 radical (unpaired) electrons. The predicted molar refractivity (Wildman–Crippen MR) is 80.8 cm³/mol. The van der Waals surface area contributed by atoms with E-state index in [0.29, 0.717) is 12.6 Å². The second kappa shape index (κ2) is 6.39. The molecule has 104 valence electrons. The zero-order valence-corrected chi connectivity index (χ0v) is 12.5. The number of nitrogens with zero attached hydrogens (tertiary/aromatic N) is 1. The number of amides is 1. The highest BCUT2D eigenvalue weighted by Crippen LogP contribution is 2.33. The largest absolute Gasteiger partial charge is 0.368 e. The SMILES string of the molecule is NCc1c(Br)cccc1N(CC(N)=O)C1CCCC1. The van der Waals surface area contributed by atoms with E-state index in [4.69, 9.17) is 11.5 Å². The molecule has 4 N–H and O–H groups in total. The van der Waals surface area contributed by atoms with Crippen molar-refractivity contribution in [2.75, 3.05) is 11.4 Å². The normalized spacial score (nSPS) is 15.7. The molecule has 2 rings (SSSR count). The van der Waals surface area contributed by atoms with Crippen molar-refractivity contribution in [3.8, 4) is 0 Å². The van der Waals surface area contributed by atoms with E-state index < -0.39 is 0 Å². The number of halogens is 1. The first-order valence-electron chi connectivity index (χ1n) is 6.66. The average molecular weight is 326 g/mol. The lowest BCUT2D eigenvalue weighted by molar-refractivity contribution is -0.116. The predicted octanol–water partition coefficient (Wildman–Crippen LogP) is 2.14. The van der Waals surface area contributed by atoms with E-state index in [9.17, 15) is 4.79 Å². The maximum atomic E-state index is 11.4. The topological polar surface area (TPSA) is 72.3 Å². The Kier molecular flexibility index (Phi) is 4.82. The van der Waals surface area contributed by atoms with E-state index in [1.54, 1.807) is 0 Å². The average Bonchev–Trinajstić information content (AvgIpc) is 2.89. The molecule has 1 fully saturated rings. The molecule has 1 aliphatic carbocycles. The Morgan fingerprint density at radius 1 is 1.37 bits per heavy atom. The van der Waals surface area contributed by atoms with E-state index >= 15 is 0 Å². The fourth-order valence-electron chi connectivity index (χ4n) is 2.81. The zero-order chi connectivity index (χ0) is 13.8. The summed E-state index contributed by atoms with van der Waals surface area (Å²) in [5.41, 5.74) is 13.3. The minimum atomic E-state index is -0.296. The molecule has 0 saturated heterocycles. The van der Waals surface area contributed by atoms with Gasteiger partial charge in [0, 0.05) is 28.3 Å². The minimum Gasteiger partial charge on any atom is -0.368 e. The van der Waals surface area contributed by atoms with Crippen molar-refractivity contribution in [3.63, 3.8) is 0 Å². The van der Waals surface area contributed by atoms with Crippen LogP contribution < -0.4 is 16.4 Å². The number of benzene rings is 1. The molecule has 0 bridgehead atoms. The molecule has 0 aliphatic heterocycles. The van der Waals surface area contributed by atoms with Gasteiger partial charge in [-0.3, -0.25) is 4.79 Å². The molecule has 0 spiro atoms. The standard InChI is InChI=1S/C14H20BrN3O/c15-12-6-3-7-13(11(12)8-16)18(9-14(17)19)10-4-1-2-5-10/h3,6-7,10H,1-2,4-5,8-9,16H2,(H2,17,19). The number of hydrogen-bond acceptors (Lipinski definition) is 3. The van der Waals surface area contributed by atoms with Crippen LogP contribution in [0.15, 0.2) is 22.7 Å². The number of rotatable bonds is 5. The van der Waals surface area contributed by atoms with E-state index in [1.165, 1.54) is 12.8 Å². The molecule has 4 nitrogen and oxygen atoms in total. The molecular weight excluding hydrogens is 306 g/mol. The molecular formula is C14H20BrN3O. The molecule has 5 heteroatoms. The molecule has 1 aromatic rings. The number of primary amides is 1. The molecule has 1 aliphatic rings. The smallest absolute Gasteiger partial charge is 0.236 e. The van der Waals surface area contributed by atoms with Crippen LogP contribution in [0.3, 0.4) is 0 Å². The van der Waals surface area contributed by atoms with Crippen molar-refractivity contribution < 1.29 is 4.79 Å². The third-order valence-corrected chi connectivity index (χ3v) is 4.44. The van der Waals surface area contributed by atoms with Gasteiger partial charge in [-0.15, -0.1) is 0 Å². The summed E-state index contributed by atoms with van der Waals surface area (Å²) < 4.78 is 0.986. The van der Waals surface area contributed by atoms with Gasteiger partial charge in [0.1, 0.15) is 0 Å². The van der Waals surface area contributed by atoms with E-state index in [0.717, 1.165) is 28.6 Å². The van der Waals surface area contributed by atoms with Crippen LogP contribution in [0.2, 0.25) is 0 Å². The van der Waals surface area contributed by atoms with Gasteiger partial charge in [-0.1, -0.05) is 34.8 Å². The summed E-state index contributed by atoms with van der Waals surface area (Å²) in [6.07, 6.45) is 4.66.